The highest BCUT2D eigenvalue weighted by Gasteiger charge is 2.20. The second-order valence-corrected chi connectivity index (χ2v) is 7.97. The van der Waals surface area contributed by atoms with Crippen molar-refractivity contribution in [3.8, 4) is 0 Å². The number of nitrogens with zero attached hydrogens (tertiary/aromatic N) is 1. The third-order valence-corrected chi connectivity index (χ3v) is 4.98. The maximum absolute atomic E-state index is 12.4. The molecule has 0 unspecified atom stereocenters. The Morgan fingerprint density at radius 2 is 2.08 bits per heavy atom. The highest BCUT2D eigenvalue weighted by molar-refractivity contribution is 7.90. The summed E-state index contributed by atoms with van der Waals surface area (Å²) in [5.74, 6) is 0.448. The number of anilines is 1. The number of hydrogen-bond acceptors (Lipinski definition) is 5. The number of nitrogens with one attached hydrogen (secondary N) is 2. The Morgan fingerprint density at radius 1 is 1.36 bits per heavy atom. The SMILES string of the molecule is CC(C)C[C@H](N)C(=O)Nc1cccc(S(=O)(=O)NC2=NCCC2)c1.Cl. The van der Waals surface area contributed by atoms with E-state index in [2.05, 4.69) is 15.0 Å². The molecule has 1 aliphatic heterocycles. The van der Waals surface area contributed by atoms with Crippen LogP contribution in [-0.2, 0) is 14.8 Å². The molecule has 9 heteroatoms. The van der Waals surface area contributed by atoms with Crippen LogP contribution in [0.15, 0.2) is 34.2 Å². The third-order valence-electron chi connectivity index (χ3n) is 3.60. The van der Waals surface area contributed by atoms with Gasteiger partial charge in [0.25, 0.3) is 10.0 Å². The Bertz CT molecular complexity index is 735. The molecule has 1 aromatic carbocycles. The maximum Gasteiger partial charge on any atom is 0.262 e. The van der Waals surface area contributed by atoms with Gasteiger partial charge < -0.3 is 11.1 Å². The molecule has 0 saturated carbocycles. The highest BCUT2D eigenvalue weighted by atomic mass is 35.5. The molecule has 140 valence electrons. The number of benzene rings is 1. The van der Waals surface area contributed by atoms with Crippen molar-refractivity contribution in [1.29, 1.82) is 0 Å². The lowest BCUT2D eigenvalue weighted by Gasteiger charge is -2.15. The van der Waals surface area contributed by atoms with Crippen LogP contribution < -0.4 is 15.8 Å². The van der Waals surface area contributed by atoms with Gasteiger partial charge in [0.05, 0.1) is 10.9 Å². The average molecular weight is 389 g/mol. The first kappa shape index (κ1) is 21.4. The Labute approximate surface area is 154 Å². The zero-order valence-electron chi connectivity index (χ0n) is 14.4. The zero-order chi connectivity index (χ0) is 17.7. The highest BCUT2D eigenvalue weighted by Crippen LogP contribution is 2.17. The standard InChI is InChI=1S/C16H24N4O3S.ClH/c1-11(2)9-14(17)16(21)19-12-5-3-6-13(10-12)24(22,23)20-15-7-4-8-18-15;/h3,5-6,10-11,14H,4,7-9,17H2,1-2H3,(H,18,20)(H,19,21);1H/t14-;/m0./s1. The predicted molar refractivity (Wildman–Crippen MR) is 102 cm³/mol. The molecule has 0 aromatic heterocycles. The molecule has 0 spiro atoms. The number of nitrogens with two attached hydrogens (primary N) is 1. The zero-order valence-corrected chi connectivity index (χ0v) is 16.0. The van der Waals surface area contributed by atoms with E-state index in [0.29, 0.717) is 36.8 Å². The number of rotatable bonds is 6. The quantitative estimate of drug-likeness (QED) is 0.690. The van der Waals surface area contributed by atoms with Gasteiger partial charge in [0.2, 0.25) is 5.91 Å². The molecule has 0 bridgehead atoms. The van der Waals surface area contributed by atoms with Crippen LogP contribution in [0.1, 0.15) is 33.1 Å². The summed E-state index contributed by atoms with van der Waals surface area (Å²) in [6, 6.07) is 5.47. The molecule has 4 N–H and O–H groups in total. The molecular formula is C16H25ClN4O3S. The Kier molecular flexibility index (Phi) is 7.85. The van der Waals surface area contributed by atoms with E-state index in [1.54, 1.807) is 12.1 Å². The summed E-state index contributed by atoms with van der Waals surface area (Å²) < 4.78 is 27.2. The van der Waals surface area contributed by atoms with Crippen LogP contribution in [-0.4, -0.2) is 32.7 Å². The summed E-state index contributed by atoms with van der Waals surface area (Å²) >= 11 is 0. The third kappa shape index (κ3) is 6.30. The van der Waals surface area contributed by atoms with Crippen LogP contribution in [0.25, 0.3) is 0 Å². The lowest BCUT2D eigenvalue weighted by atomic mass is 10.0. The minimum Gasteiger partial charge on any atom is -0.325 e. The van der Waals surface area contributed by atoms with Crippen molar-refractivity contribution in [2.24, 2.45) is 16.6 Å². The van der Waals surface area contributed by atoms with Gasteiger partial charge in [-0.2, -0.15) is 0 Å². The number of carbonyl (C=O) groups is 1. The summed E-state index contributed by atoms with van der Waals surface area (Å²) in [5.41, 5.74) is 6.24. The van der Waals surface area contributed by atoms with Gasteiger partial charge in [-0.15, -0.1) is 12.4 Å². The molecule has 0 fully saturated rings. The Balaban J connectivity index is 0.00000312. The van der Waals surface area contributed by atoms with E-state index in [1.165, 1.54) is 12.1 Å². The normalized spacial score (nSPS) is 15.3. The van der Waals surface area contributed by atoms with Crippen molar-refractivity contribution in [3.63, 3.8) is 0 Å². The maximum atomic E-state index is 12.4. The number of carbonyl (C=O) groups excluding carboxylic acids is 1. The van der Waals surface area contributed by atoms with Crippen molar-refractivity contribution in [2.45, 2.75) is 44.0 Å². The molecule has 0 saturated heterocycles. The fraction of sp³-hybridized carbons (Fsp3) is 0.500. The second kappa shape index (κ2) is 9.17. The van der Waals surface area contributed by atoms with E-state index in [9.17, 15) is 13.2 Å². The van der Waals surface area contributed by atoms with Gasteiger partial charge in [0, 0.05) is 18.7 Å². The summed E-state index contributed by atoms with van der Waals surface area (Å²) in [6.07, 6.45) is 2.03. The van der Waals surface area contributed by atoms with Crippen molar-refractivity contribution >= 4 is 39.9 Å². The van der Waals surface area contributed by atoms with Crippen LogP contribution in [0.2, 0.25) is 0 Å². The number of halogens is 1. The fourth-order valence-corrected chi connectivity index (χ4v) is 3.56. The monoisotopic (exact) mass is 388 g/mol. The van der Waals surface area contributed by atoms with Crippen LogP contribution in [0.3, 0.4) is 0 Å². The molecule has 0 radical (unpaired) electrons. The summed E-state index contributed by atoms with van der Waals surface area (Å²) in [4.78, 5) is 16.3. The Hall–Kier alpha value is -1.64. The first-order chi connectivity index (χ1) is 11.3. The van der Waals surface area contributed by atoms with Crippen LogP contribution >= 0.6 is 12.4 Å². The lowest BCUT2D eigenvalue weighted by Crippen LogP contribution is -2.36. The summed E-state index contributed by atoms with van der Waals surface area (Å²) in [5, 5.41) is 2.67. The van der Waals surface area contributed by atoms with Crippen LogP contribution in [0, 0.1) is 5.92 Å². The fourth-order valence-electron chi connectivity index (χ4n) is 2.43. The van der Waals surface area contributed by atoms with Gasteiger partial charge in [0.15, 0.2) is 0 Å². The van der Waals surface area contributed by atoms with Crippen LogP contribution in [0.4, 0.5) is 5.69 Å². The summed E-state index contributed by atoms with van der Waals surface area (Å²) in [7, 11) is -3.70. The molecule has 25 heavy (non-hydrogen) atoms. The average Bonchev–Trinajstić information content (AvgIpc) is 2.99. The molecule has 1 aromatic rings. The predicted octanol–water partition coefficient (Wildman–Crippen LogP) is 1.89. The molecule has 2 rings (SSSR count). The van der Waals surface area contributed by atoms with Gasteiger partial charge in [-0.05, 0) is 37.0 Å². The van der Waals surface area contributed by atoms with E-state index in [1.807, 2.05) is 13.8 Å². The number of amidine groups is 1. The molecule has 1 heterocycles. The van der Waals surface area contributed by atoms with E-state index in [0.717, 1.165) is 6.42 Å². The van der Waals surface area contributed by atoms with E-state index < -0.39 is 16.1 Å². The number of aliphatic imine (C=N–C) groups is 1. The van der Waals surface area contributed by atoms with E-state index >= 15 is 0 Å². The molecule has 1 atom stereocenters. The number of sulfonamides is 1. The van der Waals surface area contributed by atoms with Gasteiger partial charge in [-0.1, -0.05) is 19.9 Å². The summed E-state index contributed by atoms with van der Waals surface area (Å²) in [6.45, 7) is 4.61. The van der Waals surface area contributed by atoms with E-state index in [-0.39, 0.29) is 23.2 Å². The van der Waals surface area contributed by atoms with Gasteiger partial charge in [-0.25, -0.2) is 8.42 Å². The van der Waals surface area contributed by atoms with Crippen molar-refractivity contribution in [1.82, 2.24) is 4.72 Å². The lowest BCUT2D eigenvalue weighted by molar-refractivity contribution is -0.117. The van der Waals surface area contributed by atoms with Gasteiger partial charge in [-0.3, -0.25) is 14.5 Å². The van der Waals surface area contributed by atoms with E-state index in [4.69, 9.17) is 5.73 Å². The van der Waals surface area contributed by atoms with Crippen molar-refractivity contribution in [2.75, 3.05) is 11.9 Å². The molecule has 0 aliphatic carbocycles. The topological polar surface area (TPSA) is 114 Å². The Morgan fingerprint density at radius 3 is 2.68 bits per heavy atom. The molecule has 1 amide bonds. The molecular weight excluding hydrogens is 364 g/mol. The van der Waals surface area contributed by atoms with Gasteiger partial charge in [0.1, 0.15) is 5.84 Å². The minimum atomic E-state index is -3.70. The first-order valence-corrected chi connectivity index (χ1v) is 9.49. The number of amides is 1. The van der Waals surface area contributed by atoms with Crippen molar-refractivity contribution < 1.29 is 13.2 Å². The molecule has 7 nitrogen and oxygen atoms in total. The first-order valence-electron chi connectivity index (χ1n) is 8.00. The second-order valence-electron chi connectivity index (χ2n) is 6.29. The minimum absolute atomic E-state index is 0. The van der Waals surface area contributed by atoms with Crippen LogP contribution in [0.5, 0.6) is 0 Å². The van der Waals surface area contributed by atoms with Crippen molar-refractivity contribution in [3.05, 3.63) is 24.3 Å². The molecule has 1 aliphatic rings. The van der Waals surface area contributed by atoms with Gasteiger partial charge >= 0.3 is 0 Å². The smallest absolute Gasteiger partial charge is 0.262 e. The largest absolute Gasteiger partial charge is 0.325 e. The number of hydrogen-bond donors (Lipinski definition) is 3.